The van der Waals surface area contributed by atoms with Crippen LogP contribution in [0.1, 0.15) is 0 Å². The normalized spacial score (nSPS) is 14.8. The summed E-state index contributed by atoms with van der Waals surface area (Å²) in [4.78, 5) is 0. The molecule has 3 aromatic rings. The predicted molar refractivity (Wildman–Crippen MR) is 125 cm³/mol. The van der Waals surface area contributed by atoms with Crippen LogP contribution in [0.3, 0.4) is 0 Å². The molecular weight excluding hydrogens is 537 g/mol. The van der Waals surface area contributed by atoms with Gasteiger partial charge in [-0.25, -0.2) is 8.42 Å². The van der Waals surface area contributed by atoms with Gasteiger partial charge in [-0.1, -0.05) is 54.6 Å². The third-order valence-electron chi connectivity index (χ3n) is 5.17. The highest BCUT2D eigenvalue weighted by Crippen LogP contribution is 2.56. The fourth-order valence-corrected chi connectivity index (χ4v) is 12.2. The van der Waals surface area contributed by atoms with Gasteiger partial charge in [0.2, 0.25) is 0 Å². The van der Waals surface area contributed by atoms with Crippen LogP contribution in [0, 0.1) is 0 Å². The van der Waals surface area contributed by atoms with Crippen molar-refractivity contribution >= 4 is 47.0 Å². The molecule has 0 spiro atoms. The summed E-state index contributed by atoms with van der Waals surface area (Å²) in [7, 11) is -17.5. The van der Waals surface area contributed by atoms with Crippen molar-refractivity contribution in [2.75, 3.05) is 6.16 Å². The van der Waals surface area contributed by atoms with Crippen LogP contribution in [-0.4, -0.2) is 38.6 Å². The average molecular weight is 554 g/mol. The Labute approximate surface area is 198 Å². The second kappa shape index (κ2) is 9.57. The zero-order valence-corrected chi connectivity index (χ0v) is 20.1. The van der Waals surface area contributed by atoms with Crippen molar-refractivity contribution in [1.29, 1.82) is 0 Å². The van der Waals surface area contributed by atoms with Gasteiger partial charge in [0.15, 0.2) is 0 Å². The molecule has 1 atom stereocenters. The van der Waals surface area contributed by atoms with Gasteiger partial charge >= 0.3 is 11.0 Å². The molecule has 3 rings (SSSR count). The number of rotatable bonds is 5. The first-order valence-electron chi connectivity index (χ1n) is 9.69. The maximum atomic E-state index is 13.6. The first-order chi connectivity index (χ1) is 16.2. The molecule has 13 heteroatoms. The van der Waals surface area contributed by atoms with E-state index in [1.807, 2.05) is 0 Å². The first-order valence-corrected chi connectivity index (χ1v) is 14.6. The molecule has 0 radical (unpaired) electrons. The summed E-state index contributed by atoms with van der Waals surface area (Å²) in [5.41, 5.74) is -12.6. The largest absolute Gasteiger partial charge is 0.770 e. The quantitative estimate of drug-likeness (QED) is 0.272. The zero-order valence-electron chi connectivity index (χ0n) is 17.5. The van der Waals surface area contributed by atoms with Crippen molar-refractivity contribution in [2.45, 2.75) is 11.0 Å². The molecule has 0 fully saturated rings. The Bertz CT molecular complexity index is 1300. The van der Waals surface area contributed by atoms with Gasteiger partial charge in [0.25, 0.3) is 9.84 Å². The Morgan fingerprint density at radius 3 is 1.20 bits per heavy atom. The number of hydrogen-bond acceptors (Lipinski definition) is 4. The molecule has 0 aliphatic heterocycles. The Balaban J connectivity index is 2.56. The Morgan fingerprint density at radius 1 is 0.629 bits per heavy atom. The van der Waals surface area contributed by atoms with Crippen molar-refractivity contribution < 1.29 is 43.5 Å². The lowest BCUT2D eigenvalue weighted by molar-refractivity contribution is -0.0464. The van der Waals surface area contributed by atoms with E-state index in [0.29, 0.717) is 0 Å². The maximum Gasteiger partial charge on any atom is 0.502 e. The van der Waals surface area contributed by atoms with Gasteiger partial charge in [-0.15, -0.1) is 0 Å². The van der Waals surface area contributed by atoms with Crippen LogP contribution in [0.2, 0.25) is 0 Å². The van der Waals surface area contributed by atoms with E-state index in [9.17, 15) is 43.5 Å². The van der Waals surface area contributed by atoms with Gasteiger partial charge in [-0.05, 0) is 36.4 Å². The highest BCUT2D eigenvalue weighted by molar-refractivity contribution is 8.23. The van der Waals surface area contributed by atoms with E-state index in [1.54, 1.807) is 18.2 Å². The number of hydrogen-bond donors (Lipinski definition) is 0. The van der Waals surface area contributed by atoms with Crippen molar-refractivity contribution in [3.63, 3.8) is 0 Å². The summed E-state index contributed by atoms with van der Waals surface area (Å²) >= 11 is 0. The van der Waals surface area contributed by atoms with Gasteiger partial charge in [0.05, 0.1) is 0 Å². The maximum absolute atomic E-state index is 13.6. The summed E-state index contributed by atoms with van der Waals surface area (Å²) in [6.07, 6.45) is -1.55. The van der Waals surface area contributed by atoms with Crippen LogP contribution in [-0.2, 0) is 19.6 Å². The van der Waals surface area contributed by atoms with E-state index in [0.717, 1.165) is 0 Å². The molecule has 3 aromatic carbocycles. The van der Waals surface area contributed by atoms with Crippen LogP contribution in [0.25, 0.3) is 0 Å². The molecule has 188 valence electrons. The van der Waals surface area contributed by atoms with Crippen LogP contribution >= 0.6 is 7.26 Å². The molecule has 0 heterocycles. The number of benzene rings is 3. The summed E-state index contributed by atoms with van der Waals surface area (Å²) in [6.45, 7) is 0. The summed E-state index contributed by atoms with van der Waals surface area (Å²) in [6, 6.07) is 22.1. The van der Waals surface area contributed by atoms with Crippen LogP contribution in [0.5, 0.6) is 0 Å². The number of sulfone groups is 1. The minimum atomic E-state index is -6.90. The fourth-order valence-electron chi connectivity index (χ4n) is 3.53. The standard InChI is InChI=1S/C22H17F6O4PS2/c23-21(24,25)34(29,30)20(35(31,32)22(26,27)28)16-33(17-10-4-1-5-11-17,18-12-6-2-7-13-18)19-14-8-3-9-15-19/h1-15H,16H2. The fraction of sp³-hybridized carbons (Fsp3) is 0.136. The summed E-state index contributed by atoms with van der Waals surface area (Å²) in [5.74, 6) is 0. The van der Waals surface area contributed by atoms with Gasteiger partial charge in [-0.3, -0.25) is 4.21 Å². The van der Waals surface area contributed by atoms with Gasteiger partial charge in [0.1, 0.15) is 33.5 Å². The second-order valence-corrected chi connectivity index (χ2v) is 14.9. The SMILES string of the molecule is O=S(=O)(C(C[P+](c1ccccc1)(c1ccccc1)c1ccccc1)=S(=O)([O-])C(F)(F)F)C(F)(F)F. The molecule has 0 aliphatic rings. The summed E-state index contributed by atoms with van der Waals surface area (Å²) in [5, 5.41) is 0.596. The Kier molecular flexibility index (Phi) is 7.44. The molecule has 0 saturated carbocycles. The van der Waals surface area contributed by atoms with Gasteiger partial charge in [0, 0.05) is 9.80 Å². The molecule has 35 heavy (non-hydrogen) atoms. The molecule has 0 saturated heterocycles. The lowest BCUT2D eigenvalue weighted by Gasteiger charge is -2.31. The van der Waals surface area contributed by atoms with E-state index in [2.05, 4.69) is 0 Å². The van der Waals surface area contributed by atoms with E-state index in [1.165, 1.54) is 72.8 Å². The minimum Gasteiger partial charge on any atom is -0.770 e. The Hall–Kier alpha value is -2.40. The number of halogens is 6. The van der Waals surface area contributed by atoms with Crippen LogP contribution < -0.4 is 15.9 Å². The molecule has 0 aromatic heterocycles. The van der Waals surface area contributed by atoms with E-state index in [-0.39, 0.29) is 15.9 Å². The third-order valence-corrected chi connectivity index (χ3v) is 13.9. The minimum absolute atomic E-state index is 0.199. The molecule has 0 amide bonds. The number of alkyl halides is 6. The molecular formula is C22H17F6O4PS2. The molecule has 4 nitrogen and oxygen atoms in total. The van der Waals surface area contributed by atoms with Gasteiger partial charge < -0.3 is 4.55 Å². The highest BCUT2D eigenvalue weighted by Gasteiger charge is 2.58. The van der Waals surface area contributed by atoms with Crippen LogP contribution in [0.4, 0.5) is 26.3 Å². The molecule has 0 N–H and O–H groups in total. The second-order valence-electron chi connectivity index (χ2n) is 7.24. The van der Waals surface area contributed by atoms with Crippen molar-refractivity contribution in [1.82, 2.24) is 0 Å². The lowest BCUT2D eigenvalue weighted by Crippen LogP contribution is -2.45. The van der Waals surface area contributed by atoms with Gasteiger partial charge in [-0.2, -0.15) is 26.3 Å². The highest BCUT2D eigenvalue weighted by atomic mass is 32.3. The van der Waals surface area contributed by atoms with E-state index in [4.69, 9.17) is 0 Å². The van der Waals surface area contributed by atoms with E-state index >= 15 is 0 Å². The smallest absolute Gasteiger partial charge is 0.502 e. The predicted octanol–water partition coefficient (Wildman–Crippen LogP) is 3.98. The topological polar surface area (TPSA) is 74.3 Å². The van der Waals surface area contributed by atoms with Crippen molar-refractivity contribution in [3.8, 4) is 0 Å². The van der Waals surface area contributed by atoms with Crippen molar-refractivity contribution in [3.05, 3.63) is 91.0 Å². The summed E-state index contributed by atoms with van der Waals surface area (Å²) < 4.78 is 128. The van der Waals surface area contributed by atoms with Crippen LogP contribution in [0.15, 0.2) is 91.0 Å². The molecule has 0 aliphatic carbocycles. The lowest BCUT2D eigenvalue weighted by atomic mass is 10.4. The monoisotopic (exact) mass is 554 g/mol. The zero-order chi connectivity index (χ0) is 26.1. The first kappa shape index (κ1) is 27.2. The molecule has 0 bridgehead atoms. The third kappa shape index (κ3) is 4.97. The van der Waals surface area contributed by atoms with E-state index < -0.39 is 48.3 Å². The average Bonchev–Trinajstić information content (AvgIpc) is 2.80. The molecule has 1 unspecified atom stereocenters. The van der Waals surface area contributed by atoms with Crippen molar-refractivity contribution in [2.24, 2.45) is 0 Å². The Morgan fingerprint density at radius 2 is 0.943 bits per heavy atom.